The third-order valence-electron chi connectivity index (χ3n) is 11.5. The molecule has 5 heterocycles. The maximum absolute atomic E-state index is 15.3. The van der Waals surface area contributed by atoms with Crippen molar-refractivity contribution in [2.45, 2.75) is 75.9 Å². The molecule has 2 aliphatic rings. The highest BCUT2D eigenvalue weighted by Crippen LogP contribution is 2.52. The summed E-state index contributed by atoms with van der Waals surface area (Å²) in [6.45, 7) is 0.805. The number of thiazole rings is 1. The number of benzene rings is 3. The number of carbonyl (C=O) groups is 2. The first kappa shape index (κ1) is 45.3. The van der Waals surface area contributed by atoms with Crippen molar-refractivity contribution >= 4 is 33.4 Å². The molecule has 1 unspecified atom stereocenters. The van der Waals surface area contributed by atoms with Crippen LogP contribution in [0.2, 0.25) is 0 Å². The van der Waals surface area contributed by atoms with Crippen LogP contribution in [0.15, 0.2) is 72.9 Å². The van der Waals surface area contributed by atoms with Crippen molar-refractivity contribution in [1.82, 2.24) is 40.3 Å². The molecule has 20 heteroatoms. The molecule has 10 nitrogen and oxygen atoms in total. The van der Waals surface area contributed by atoms with Gasteiger partial charge in [-0.15, -0.1) is 11.3 Å². The van der Waals surface area contributed by atoms with E-state index in [0.29, 0.717) is 16.3 Å². The number of nitrogens with one attached hydrogen (secondary N) is 3. The highest BCUT2D eigenvalue weighted by atomic mass is 32.1. The molecule has 2 atom stereocenters. The number of fused-ring (bicyclic) bond motifs is 2. The van der Waals surface area contributed by atoms with Gasteiger partial charge in [-0.25, -0.2) is 45.7 Å². The molecule has 1 aliphatic heterocycles. The lowest BCUT2D eigenvalue weighted by atomic mass is 9.89. The van der Waals surface area contributed by atoms with Crippen LogP contribution in [0.4, 0.5) is 39.5 Å². The van der Waals surface area contributed by atoms with Crippen molar-refractivity contribution in [2.24, 2.45) is 0 Å². The van der Waals surface area contributed by atoms with Gasteiger partial charge in [0, 0.05) is 30.0 Å². The molecule has 0 radical (unpaired) electrons. The van der Waals surface area contributed by atoms with Crippen LogP contribution in [0.3, 0.4) is 0 Å². The fourth-order valence-electron chi connectivity index (χ4n) is 8.42. The van der Waals surface area contributed by atoms with E-state index in [0.717, 1.165) is 72.9 Å². The van der Waals surface area contributed by atoms with Crippen molar-refractivity contribution in [3.63, 3.8) is 0 Å². The van der Waals surface area contributed by atoms with Gasteiger partial charge in [-0.05, 0) is 97.8 Å². The number of aromatic nitrogens is 6. The number of imidazole rings is 1. The molecule has 1 amide bonds. The lowest BCUT2D eigenvalue weighted by molar-refractivity contribution is -0.123. The first-order valence-electron chi connectivity index (χ1n) is 20.9. The van der Waals surface area contributed by atoms with Gasteiger partial charge in [-0.1, -0.05) is 24.1 Å². The topological polar surface area (TPSA) is 130 Å². The zero-order valence-electron chi connectivity index (χ0n) is 35.0. The van der Waals surface area contributed by atoms with Crippen LogP contribution in [0.1, 0.15) is 106 Å². The van der Waals surface area contributed by atoms with E-state index < -0.39 is 96.2 Å². The Bertz CT molecular complexity index is 3110. The van der Waals surface area contributed by atoms with Gasteiger partial charge in [0.25, 0.3) is 18.3 Å². The molecular weight excluding hydrogens is 912 g/mol. The lowest BCUT2D eigenvalue weighted by Crippen LogP contribution is -2.37. The molecule has 0 saturated carbocycles. The minimum atomic E-state index is -4.11. The van der Waals surface area contributed by atoms with Crippen molar-refractivity contribution in [3.05, 3.63) is 141 Å². The molecule has 9 rings (SSSR count). The molecule has 7 aromatic rings. The Balaban J connectivity index is 1.10. The van der Waals surface area contributed by atoms with E-state index >= 15 is 8.78 Å². The third kappa shape index (κ3) is 9.30. The SMILES string of the molecule is CC(=O)c1cc(-c2cc3sc(C#Cc4ccc(-c5cnc(C6CCCN6)[nH]5)cc4)nc3nc2[C@H](Cc2cc(F)cc(F)c2)NC(=O)Cn2nc(C(F)F)c3c2C(F)(F)CCC3(F)F)ccc1F. The van der Waals surface area contributed by atoms with Crippen molar-refractivity contribution < 1.29 is 49.1 Å². The van der Waals surface area contributed by atoms with E-state index in [4.69, 9.17) is 4.98 Å². The summed E-state index contributed by atoms with van der Waals surface area (Å²) < 4.78 is 133. The van der Waals surface area contributed by atoms with Crippen molar-refractivity contribution in [1.29, 1.82) is 0 Å². The number of halogens is 9. The Morgan fingerprint density at radius 3 is 2.34 bits per heavy atom. The number of hydrogen-bond acceptors (Lipinski definition) is 8. The Labute approximate surface area is 379 Å². The van der Waals surface area contributed by atoms with Gasteiger partial charge in [-0.3, -0.25) is 14.3 Å². The molecular formula is C47H35F9N8O2S. The molecule has 1 saturated heterocycles. The predicted octanol–water partition coefficient (Wildman–Crippen LogP) is 10.4. The maximum Gasteiger partial charge on any atom is 0.290 e. The Hall–Kier alpha value is -6.85. The summed E-state index contributed by atoms with van der Waals surface area (Å²) in [7, 11) is 0. The summed E-state index contributed by atoms with van der Waals surface area (Å²) in [5.41, 5.74) is -2.46. The highest BCUT2D eigenvalue weighted by molar-refractivity contribution is 7.19. The predicted molar refractivity (Wildman–Crippen MR) is 228 cm³/mol. The smallest absolute Gasteiger partial charge is 0.290 e. The number of pyridine rings is 1. The van der Waals surface area contributed by atoms with E-state index in [1.54, 1.807) is 12.3 Å². The quantitative estimate of drug-likeness (QED) is 0.0669. The summed E-state index contributed by atoms with van der Waals surface area (Å²) in [5.74, 6) is -5.93. The lowest BCUT2D eigenvalue weighted by Gasteiger charge is -2.29. The second-order valence-electron chi connectivity index (χ2n) is 16.2. The fraction of sp³-hybridized carbons (Fsp3) is 0.277. The minimum absolute atomic E-state index is 0.0450. The Morgan fingerprint density at radius 1 is 0.910 bits per heavy atom. The molecule has 1 fully saturated rings. The first-order chi connectivity index (χ1) is 31.9. The minimum Gasteiger partial charge on any atom is -0.346 e. The standard InChI is InChI=1S/C47H35F9N8O2S/c1-23(65)30-18-27(9-10-32(30)50)31-20-36-45(61-38(67-36)11-6-24-4-7-26(8-5-24)35-21-58-44(60-35)33-3-2-14-57-33)62-40(31)34(17-25-15-28(48)19-29(49)16-25)59-37(66)22-64-42-39(41(63-64)43(51)52)46(53,54)12-13-47(42,55)56/h4-5,7-10,15-16,18-21,33-34,43,57H,2-3,12-14,17,22H2,1H3,(H,58,60)(H,59,66)/t33?,34-/m0/s1. The zero-order chi connectivity index (χ0) is 47.4. The van der Waals surface area contributed by atoms with E-state index in [9.17, 15) is 40.3 Å². The summed E-state index contributed by atoms with van der Waals surface area (Å²) in [6, 6.07) is 13.8. The summed E-state index contributed by atoms with van der Waals surface area (Å²) in [6.07, 6.45) is -3.17. The van der Waals surface area contributed by atoms with Crippen molar-refractivity contribution in [2.75, 3.05) is 6.54 Å². The molecule has 3 N–H and O–H groups in total. The van der Waals surface area contributed by atoms with Crippen LogP contribution < -0.4 is 10.6 Å². The van der Waals surface area contributed by atoms with E-state index in [-0.39, 0.29) is 49.3 Å². The number of alkyl halides is 6. The normalized spacial score (nSPS) is 16.7. The molecule has 4 aromatic heterocycles. The summed E-state index contributed by atoms with van der Waals surface area (Å²) in [4.78, 5) is 43.6. The van der Waals surface area contributed by atoms with Crippen LogP contribution >= 0.6 is 11.3 Å². The van der Waals surface area contributed by atoms with Crippen LogP contribution in [0, 0.1) is 29.3 Å². The molecule has 0 spiro atoms. The average Bonchev–Trinajstić information content (AvgIpc) is 4.11. The van der Waals surface area contributed by atoms with Gasteiger partial charge in [0.1, 0.15) is 41.2 Å². The molecule has 0 bridgehead atoms. The van der Waals surface area contributed by atoms with Gasteiger partial charge in [-0.2, -0.15) is 13.9 Å². The number of rotatable bonds is 11. The monoisotopic (exact) mass is 946 g/mol. The number of hydrogen-bond donors (Lipinski definition) is 3. The first-order valence-corrected chi connectivity index (χ1v) is 21.7. The number of nitrogens with zero attached hydrogens (tertiary/aromatic N) is 5. The second-order valence-corrected chi connectivity index (χ2v) is 17.3. The van der Waals surface area contributed by atoms with Gasteiger partial charge in [0.05, 0.1) is 45.5 Å². The number of carbonyl (C=O) groups excluding carboxylic acids is 2. The third-order valence-corrected chi connectivity index (χ3v) is 12.4. The molecule has 1 aliphatic carbocycles. The Kier molecular flexibility index (Phi) is 12.0. The summed E-state index contributed by atoms with van der Waals surface area (Å²) >= 11 is 1.12. The van der Waals surface area contributed by atoms with Gasteiger partial charge < -0.3 is 15.6 Å². The summed E-state index contributed by atoms with van der Waals surface area (Å²) in [5, 5.41) is 9.59. The Morgan fingerprint density at radius 2 is 1.64 bits per heavy atom. The fourth-order valence-corrected chi connectivity index (χ4v) is 9.22. The van der Waals surface area contributed by atoms with E-state index in [1.807, 2.05) is 24.3 Å². The second kappa shape index (κ2) is 17.8. The van der Waals surface area contributed by atoms with Crippen LogP contribution in [0.5, 0.6) is 0 Å². The van der Waals surface area contributed by atoms with Crippen LogP contribution in [0.25, 0.3) is 32.7 Å². The van der Waals surface area contributed by atoms with Crippen LogP contribution in [-0.2, 0) is 29.6 Å². The van der Waals surface area contributed by atoms with Crippen molar-refractivity contribution in [3.8, 4) is 34.2 Å². The molecule has 67 heavy (non-hydrogen) atoms. The zero-order valence-corrected chi connectivity index (χ0v) is 35.8. The number of H-pyrrole nitrogens is 1. The average molecular weight is 947 g/mol. The largest absolute Gasteiger partial charge is 0.346 e. The van der Waals surface area contributed by atoms with Gasteiger partial charge >= 0.3 is 0 Å². The van der Waals surface area contributed by atoms with Crippen LogP contribution in [-0.4, -0.2) is 48.0 Å². The van der Waals surface area contributed by atoms with Gasteiger partial charge in [0.15, 0.2) is 16.4 Å². The highest BCUT2D eigenvalue weighted by Gasteiger charge is 2.55. The van der Waals surface area contributed by atoms with Gasteiger partial charge in [0.2, 0.25) is 5.91 Å². The maximum atomic E-state index is 15.3. The number of amides is 1. The molecule has 3 aromatic carbocycles. The van der Waals surface area contributed by atoms with E-state index in [1.165, 1.54) is 12.1 Å². The number of ketones is 1. The number of aromatic amines is 1. The van der Waals surface area contributed by atoms with E-state index in [2.05, 4.69) is 42.5 Å². The molecule has 344 valence electrons. The number of Topliss-reactive ketones (excluding diaryl/α,β-unsaturated/α-hetero) is 1.